The van der Waals surface area contributed by atoms with Crippen molar-refractivity contribution >= 4 is 5.97 Å². The molecule has 2 aromatic carbocycles. The van der Waals surface area contributed by atoms with E-state index in [0.717, 1.165) is 16.7 Å². The maximum absolute atomic E-state index is 13.6. The second-order valence-corrected chi connectivity index (χ2v) is 8.99. The highest BCUT2D eigenvalue weighted by Crippen LogP contribution is 2.31. The van der Waals surface area contributed by atoms with Gasteiger partial charge in [0.2, 0.25) is 0 Å². The highest BCUT2D eigenvalue weighted by atomic mass is 19.1. The van der Waals surface area contributed by atoms with E-state index in [2.05, 4.69) is 4.98 Å². The standard InChI is InChI=1S/C27H25F2N3O2/c1-27(2,3)34-24(33)16-21-17-32(31-25(21)18-12-14-30-15-13-18)26(19-4-8-22(28)9-5-19)20-6-10-23(29)11-7-20/h4-15,17,26H,16H2,1-3H3. The molecule has 174 valence electrons. The van der Waals surface area contributed by atoms with Crippen LogP contribution in [0.4, 0.5) is 8.78 Å². The third-order valence-electron chi connectivity index (χ3n) is 5.15. The summed E-state index contributed by atoms with van der Waals surface area (Å²) in [6.07, 6.45) is 5.12. The zero-order valence-corrected chi connectivity index (χ0v) is 19.2. The summed E-state index contributed by atoms with van der Waals surface area (Å²) in [6.45, 7) is 5.45. The number of carbonyl (C=O) groups excluding carboxylic acids is 1. The summed E-state index contributed by atoms with van der Waals surface area (Å²) < 4.78 is 34.5. The molecule has 34 heavy (non-hydrogen) atoms. The Kier molecular flexibility index (Phi) is 6.54. The maximum atomic E-state index is 13.6. The van der Waals surface area contributed by atoms with Crippen molar-refractivity contribution in [3.63, 3.8) is 0 Å². The number of benzene rings is 2. The Morgan fingerprint density at radius 3 is 1.94 bits per heavy atom. The first-order valence-corrected chi connectivity index (χ1v) is 10.9. The van der Waals surface area contributed by atoms with E-state index in [1.54, 1.807) is 47.5 Å². The van der Waals surface area contributed by atoms with E-state index in [-0.39, 0.29) is 24.0 Å². The van der Waals surface area contributed by atoms with E-state index in [1.165, 1.54) is 24.3 Å². The molecule has 0 aliphatic carbocycles. The van der Waals surface area contributed by atoms with Crippen LogP contribution in [0.2, 0.25) is 0 Å². The van der Waals surface area contributed by atoms with E-state index in [1.807, 2.05) is 32.9 Å². The van der Waals surface area contributed by atoms with Crippen molar-refractivity contribution in [2.75, 3.05) is 0 Å². The van der Waals surface area contributed by atoms with Crippen LogP contribution in [0, 0.1) is 11.6 Å². The van der Waals surface area contributed by atoms with Gasteiger partial charge >= 0.3 is 5.97 Å². The number of esters is 1. The number of hydrogen-bond acceptors (Lipinski definition) is 4. The summed E-state index contributed by atoms with van der Waals surface area (Å²) in [5.41, 5.74) is 3.00. The molecule has 4 rings (SSSR count). The summed E-state index contributed by atoms with van der Waals surface area (Å²) >= 11 is 0. The monoisotopic (exact) mass is 461 g/mol. The first-order valence-electron chi connectivity index (χ1n) is 10.9. The Labute approximate surface area is 197 Å². The number of nitrogens with zero attached hydrogens (tertiary/aromatic N) is 3. The summed E-state index contributed by atoms with van der Waals surface area (Å²) in [7, 11) is 0. The lowest BCUT2D eigenvalue weighted by molar-refractivity contribution is -0.153. The molecule has 5 nitrogen and oxygen atoms in total. The molecule has 2 heterocycles. The van der Waals surface area contributed by atoms with Crippen molar-refractivity contribution in [3.8, 4) is 11.3 Å². The van der Waals surface area contributed by atoms with Gasteiger partial charge in [0.05, 0.1) is 12.1 Å². The fourth-order valence-corrected chi connectivity index (χ4v) is 3.77. The van der Waals surface area contributed by atoms with Gasteiger partial charge in [-0.3, -0.25) is 14.5 Å². The van der Waals surface area contributed by atoms with E-state index < -0.39 is 11.6 Å². The van der Waals surface area contributed by atoms with Crippen LogP contribution in [0.5, 0.6) is 0 Å². The van der Waals surface area contributed by atoms with Gasteiger partial charge in [0, 0.05) is 29.7 Å². The summed E-state index contributed by atoms with van der Waals surface area (Å²) in [4.78, 5) is 16.7. The quantitative estimate of drug-likeness (QED) is 0.343. The van der Waals surface area contributed by atoms with Crippen molar-refractivity contribution in [2.45, 2.75) is 38.8 Å². The normalized spacial score (nSPS) is 11.6. The van der Waals surface area contributed by atoms with Crippen molar-refractivity contribution in [1.82, 2.24) is 14.8 Å². The Hall–Kier alpha value is -3.87. The van der Waals surface area contributed by atoms with Gasteiger partial charge < -0.3 is 4.74 Å². The van der Waals surface area contributed by atoms with Crippen molar-refractivity contribution < 1.29 is 18.3 Å². The maximum Gasteiger partial charge on any atom is 0.310 e. The van der Waals surface area contributed by atoms with E-state index >= 15 is 0 Å². The van der Waals surface area contributed by atoms with Gasteiger partial charge in [0.15, 0.2) is 0 Å². The molecule has 0 bridgehead atoms. The molecule has 0 spiro atoms. The smallest absolute Gasteiger partial charge is 0.310 e. The number of hydrogen-bond donors (Lipinski definition) is 0. The van der Waals surface area contributed by atoms with Crippen LogP contribution in [0.25, 0.3) is 11.3 Å². The summed E-state index contributed by atoms with van der Waals surface area (Å²) in [5, 5.41) is 4.82. The SMILES string of the molecule is CC(C)(C)OC(=O)Cc1cn(C(c2ccc(F)cc2)c2ccc(F)cc2)nc1-c1ccncc1. The molecule has 4 aromatic rings. The predicted molar refractivity (Wildman–Crippen MR) is 125 cm³/mol. The molecular formula is C27H25F2N3O2. The molecule has 0 saturated heterocycles. The molecule has 0 unspecified atom stereocenters. The molecule has 0 aliphatic heterocycles. The fraction of sp³-hybridized carbons (Fsp3) is 0.222. The fourth-order valence-electron chi connectivity index (χ4n) is 3.77. The minimum atomic E-state index is -0.616. The first-order chi connectivity index (χ1) is 16.2. The molecule has 0 aliphatic rings. The van der Waals surface area contributed by atoms with Crippen LogP contribution in [0.3, 0.4) is 0 Å². The molecule has 2 aromatic heterocycles. The van der Waals surface area contributed by atoms with Crippen LogP contribution in [0.15, 0.2) is 79.3 Å². The largest absolute Gasteiger partial charge is 0.460 e. The minimum absolute atomic E-state index is 0.0223. The van der Waals surface area contributed by atoms with Gasteiger partial charge in [-0.05, 0) is 68.3 Å². The van der Waals surface area contributed by atoms with Gasteiger partial charge in [-0.1, -0.05) is 24.3 Å². The van der Waals surface area contributed by atoms with Gasteiger partial charge in [0.25, 0.3) is 0 Å². The second-order valence-electron chi connectivity index (χ2n) is 8.99. The van der Waals surface area contributed by atoms with Crippen molar-refractivity contribution in [3.05, 3.63) is 108 Å². The van der Waals surface area contributed by atoms with E-state index in [9.17, 15) is 13.6 Å². The number of halogens is 2. The van der Waals surface area contributed by atoms with Crippen LogP contribution < -0.4 is 0 Å². The number of aromatic nitrogens is 3. The third-order valence-corrected chi connectivity index (χ3v) is 5.15. The van der Waals surface area contributed by atoms with Crippen LogP contribution in [0.1, 0.15) is 43.5 Å². The summed E-state index contributed by atoms with van der Waals surface area (Å²) in [5.74, 6) is -1.09. The zero-order chi connectivity index (χ0) is 24.3. The number of carbonyl (C=O) groups is 1. The molecule has 0 radical (unpaired) electrons. The summed E-state index contributed by atoms with van der Waals surface area (Å²) in [6, 6.07) is 15.4. The molecule has 0 amide bonds. The number of ether oxygens (including phenoxy) is 1. The average molecular weight is 462 g/mol. The molecule has 7 heteroatoms. The van der Waals surface area contributed by atoms with Crippen molar-refractivity contribution in [1.29, 1.82) is 0 Å². The van der Waals surface area contributed by atoms with Gasteiger partial charge in [-0.25, -0.2) is 8.78 Å². The Morgan fingerprint density at radius 1 is 0.912 bits per heavy atom. The lowest BCUT2D eigenvalue weighted by Gasteiger charge is -2.19. The highest BCUT2D eigenvalue weighted by molar-refractivity contribution is 5.76. The van der Waals surface area contributed by atoms with E-state index in [0.29, 0.717) is 11.3 Å². The van der Waals surface area contributed by atoms with Crippen LogP contribution >= 0.6 is 0 Å². The number of pyridine rings is 1. The topological polar surface area (TPSA) is 57.0 Å². The Bertz CT molecular complexity index is 1220. The Balaban J connectivity index is 1.82. The zero-order valence-electron chi connectivity index (χ0n) is 19.2. The first kappa shape index (κ1) is 23.3. The Morgan fingerprint density at radius 2 is 1.44 bits per heavy atom. The number of rotatable bonds is 6. The molecule has 0 N–H and O–H groups in total. The predicted octanol–water partition coefficient (Wildman–Crippen LogP) is 5.75. The molecule has 0 atom stereocenters. The van der Waals surface area contributed by atoms with Crippen molar-refractivity contribution in [2.24, 2.45) is 0 Å². The van der Waals surface area contributed by atoms with Crippen LogP contribution in [-0.2, 0) is 16.0 Å². The van der Waals surface area contributed by atoms with E-state index in [4.69, 9.17) is 9.84 Å². The highest BCUT2D eigenvalue weighted by Gasteiger charge is 2.24. The molecule has 0 saturated carbocycles. The third kappa shape index (κ3) is 5.54. The van der Waals surface area contributed by atoms with Crippen LogP contribution in [-0.4, -0.2) is 26.3 Å². The lowest BCUT2D eigenvalue weighted by Crippen LogP contribution is -2.25. The average Bonchev–Trinajstić information content (AvgIpc) is 3.19. The molecule has 0 fully saturated rings. The second kappa shape index (κ2) is 9.55. The van der Waals surface area contributed by atoms with Gasteiger partial charge in [0.1, 0.15) is 23.3 Å². The minimum Gasteiger partial charge on any atom is -0.460 e. The van der Waals surface area contributed by atoms with Gasteiger partial charge in [-0.2, -0.15) is 5.10 Å². The molecular weight excluding hydrogens is 436 g/mol. The lowest BCUT2D eigenvalue weighted by atomic mass is 9.98. The van der Waals surface area contributed by atoms with Gasteiger partial charge in [-0.15, -0.1) is 0 Å².